The molecule has 0 unspecified atom stereocenters. The third kappa shape index (κ3) is 4.44. The van der Waals surface area contributed by atoms with E-state index in [1.807, 2.05) is 17.0 Å². The van der Waals surface area contributed by atoms with Crippen LogP contribution in [-0.2, 0) is 0 Å². The van der Waals surface area contributed by atoms with Gasteiger partial charge in [0.15, 0.2) is 0 Å². The smallest absolute Gasteiger partial charge is 0.259 e. The number of rotatable bonds is 5. The Morgan fingerprint density at radius 2 is 1.94 bits per heavy atom. The molecule has 1 atom stereocenters. The Morgan fingerprint density at radius 3 is 2.71 bits per heavy atom. The van der Waals surface area contributed by atoms with Gasteiger partial charge in [-0.3, -0.25) is 9.69 Å². The van der Waals surface area contributed by atoms with E-state index < -0.39 is 0 Å². The van der Waals surface area contributed by atoms with Crippen LogP contribution in [0.4, 0.5) is 17.5 Å². The molecule has 1 saturated heterocycles. The van der Waals surface area contributed by atoms with Gasteiger partial charge in [-0.25, -0.2) is 15.0 Å². The number of nitrogens with zero attached hydrogens (tertiary/aromatic N) is 4. The number of benzene rings is 2. The van der Waals surface area contributed by atoms with Crippen molar-refractivity contribution in [3.63, 3.8) is 0 Å². The molecule has 34 heavy (non-hydrogen) atoms. The molecule has 172 valence electrons. The molecule has 7 nitrogen and oxygen atoms in total. The van der Waals surface area contributed by atoms with Gasteiger partial charge >= 0.3 is 0 Å². The summed E-state index contributed by atoms with van der Waals surface area (Å²) in [6, 6.07) is 15.1. The number of piperidine rings is 1. The van der Waals surface area contributed by atoms with Gasteiger partial charge < -0.3 is 10.6 Å². The molecular weight excluding hydrogens is 448 g/mol. The van der Waals surface area contributed by atoms with E-state index in [9.17, 15) is 4.79 Å². The Bertz CT molecular complexity index is 1320. The van der Waals surface area contributed by atoms with Gasteiger partial charge in [-0.05, 0) is 67.6 Å². The van der Waals surface area contributed by atoms with Gasteiger partial charge in [0.05, 0.1) is 16.8 Å². The first-order valence-electron chi connectivity index (χ1n) is 11.3. The number of aryl methyl sites for hydroxylation is 1. The maximum Gasteiger partial charge on any atom is 0.259 e. The Morgan fingerprint density at radius 1 is 1.09 bits per heavy atom. The van der Waals surface area contributed by atoms with E-state index in [2.05, 4.69) is 39.7 Å². The monoisotopic (exact) mass is 472 g/mol. The second-order valence-corrected chi connectivity index (χ2v) is 8.78. The number of aromatic nitrogens is 3. The highest BCUT2D eigenvalue weighted by molar-refractivity contribution is 6.33. The van der Waals surface area contributed by atoms with Crippen molar-refractivity contribution in [1.29, 1.82) is 0 Å². The van der Waals surface area contributed by atoms with E-state index in [-0.39, 0.29) is 11.9 Å². The zero-order chi connectivity index (χ0) is 23.5. The molecular formula is C26H25ClN6O. The number of hydrogen-bond donors (Lipinski definition) is 2. The summed E-state index contributed by atoms with van der Waals surface area (Å²) in [5.74, 6) is 1.00. The summed E-state index contributed by atoms with van der Waals surface area (Å²) < 4.78 is 0. The number of halogens is 1. The SMILES string of the molecule is Cc1cccc2ccnc(N(C(=O)c3ccc(Nc4ncccn4)c(Cl)c3)[C@@H]3CCCNC3)c12. The third-order valence-electron chi connectivity index (χ3n) is 6.09. The average molecular weight is 473 g/mol. The van der Waals surface area contributed by atoms with Gasteiger partial charge in [0, 0.05) is 36.1 Å². The van der Waals surface area contributed by atoms with Crippen molar-refractivity contribution in [2.75, 3.05) is 23.3 Å². The lowest BCUT2D eigenvalue weighted by Gasteiger charge is -2.35. The normalized spacial score (nSPS) is 15.8. The average Bonchev–Trinajstić information content (AvgIpc) is 2.87. The molecule has 1 fully saturated rings. The molecule has 0 radical (unpaired) electrons. The van der Waals surface area contributed by atoms with E-state index in [0.29, 0.717) is 34.6 Å². The number of carbonyl (C=O) groups is 1. The quantitative estimate of drug-likeness (QED) is 0.419. The second kappa shape index (κ2) is 9.75. The van der Waals surface area contributed by atoms with Crippen molar-refractivity contribution < 1.29 is 4.79 Å². The molecule has 1 aliphatic heterocycles. The van der Waals surface area contributed by atoms with Crippen LogP contribution in [0.2, 0.25) is 5.02 Å². The fourth-order valence-electron chi connectivity index (χ4n) is 4.43. The zero-order valence-electron chi connectivity index (χ0n) is 18.8. The summed E-state index contributed by atoms with van der Waals surface area (Å²) in [4.78, 5) is 28.9. The van der Waals surface area contributed by atoms with Crippen molar-refractivity contribution in [3.8, 4) is 0 Å². The molecule has 0 saturated carbocycles. The van der Waals surface area contributed by atoms with Gasteiger partial charge in [0.1, 0.15) is 5.82 Å². The fourth-order valence-corrected chi connectivity index (χ4v) is 4.66. The maximum atomic E-state index is 14.0. The van der Waals surface area contributed by atoms with Crippen LogP contribution in [-0.4, -0.2) is 40.0 Å². The molecule has 0 aliphatic carbocycles. The summed E-state index contributed by atoms with van der Waals surface area (Å²) in [5.41, 5.74) is 2.22. The Kier molecular flexibility index (Phi) is 6.38. The third-order valence-corrected chi connectivity index (χ3v) is 6.40. The summed E-state index contributed by atoms with van der Waals surface area (Å²) in [7, 11) is 0. The van der Waals surface area contributed by atoms with E-state index >= 15 is 0 Å². The van der Waals surface area contributed by atoms with Crippen molar-refractivity contribution in [1.82, 2.24) is 20.3 Å². The van der Waals surface area contributed by atoms with Crippen LogP contribution in [0.3, 0.4) is 0 Å². The number of hydrogen-bond acceptors (Lipinski definition) is 6. The van der Waals surface area contributed by atoms with Gasteiger partial charge in [0.25, 0.3) is 5.91 Å². The minimum Gasteiger partial charge on any atom is -0.323 e. The van der Waals surface area contributed by atoms with E-state index in [1.165, 1.54) is 0 Å². The van der Waals surface area contributed by atoms with Gasteiger partial charge in [-0.1, -0.05) is 29.8 Å². The van der Waals surface area contributed by atoms with Crippen LogP contribution in [0.25, 0.3) is 10.8 Å². The van der Waals surface area contributed by atoms with Gasteiger partial charge in [0.2, 0.25) is 5.95 Å². The van der Waals surface area contributed by atoms with Crippen molar-refractivity contribution in [2.24, 2.45) is 0 Å². The minimum absolute atomic E-state index is 0.00625. The van der Waals surface area contributed by atoms with E-state index in [0.717, 1.165) is 35.7 Å². The maximum absolute atomic E-state index is 14.0. The van der Waals surface area contributed by atoms with Gasteiger partial charge in [-0.15, -0.1) is 0 Å². The first-order valence-corrected chi connectivity index (χ1v) is 11.7. The Balaban J connectivity index is 1.54. The molecule has 2 aromatic carbocycles. The first kappa shape index (κ1) is 22.3. The predicted molar refractivity (Wildman–Crippen MR) is 136 cm³/mol. The molecule has 4 aromatic rings. The summed E-state index contributed by atoms with van der Waals surface area (Å²) >= 11 is 6.56. The van der Waals surface area contributed by atoms with E-state index in [1.54, 1.807) is 42.9 Å². The van der Waals surface area contributed by atoms with Crippen molar-refractivity contribution in [2.45, 2.75) is 25.8 Å². The molecule has 8 heteroatoms. The topological polar surface area (TPSA) is 83.0 Å². The molecule has 2 aromatic heterocycles. The summed E-state index contributed by atoms with van der Waals surface area (Å²) in [6.45, 7) is 3.72. The van der Waals surface area contributed by atoms with Crippen LogP contribution in [0.15, 0.2) is 67.1 Å². The standard InChI is InChI=1S/C26H25ClN6O/c1-17-5-2-6-18-10-14-29-24(23(17)18)33(20-7-3-11-28-16-20)25(34)19-8-9-22(21(27)15-19)32-26-30-12-4-13-31-26/h2,4-6,8-10,12-15,20,28H,3,7,11,16H2,1H3,(H,30,31,32)/t20-/m1/s1. The fraction of sp³-hybridized carbons (Fsp3) is 0.231. The lowest BCUT2D eigenvalue weighted by molar-refractivity contribution is 0.0972. The first-order chi connectivity index (χ1) is 16.6. The number of nitrogens with one attached hydrogen (secondary N) is 2. The van der Waals surface area contributed by atoms with Crippen molar-refractivity contribution in [3.05, 3.63) is 83.3 Å². The second-order valence-electron chi connectivity index (χ2n) is 8.37. The molecule has 3 heterocycles. The summed E-state index contributed by atoms with van der Waals surface area (Å²) in [6.07, 6.45) is 6.97. The molecule has 0 bridgehead atoms. The van der Waals surface area contributed by atoms with Crippen LogP contribution < -0.4 is 15.5 Å². The van der Waals surface area contributed by atoms with Crippen LogP contribution >= 0.6 is 11.6 Å². The zero-order valence-corrected chi connectivity index (χ0v) is 19.6. The lowest BCUT2D eigenvalue weighted by Crippen LogP contribution is -2.49. The number of fused-ring (bicyclic) bond motifs is 1. The molecule has 0 spiro atoms. The predicted octanol–water partition coefficient (Wildman–Crippen LogP) is 5.13. The van der Waals surface area contributed by atoms with Gasteiger partial charge in [-0.2, -0.15) is 0 Å². The van der Waals surface area contributed by atoms with E-state index in [4.69, 9.17) is 16.6 Å². The number of carbonyl (C=O) groups excluding carboxylic acids is 1. The molecule has 1 amide bonds. The molecule has 2 N–H and O–H groups in total. The molecule has 1 aliphatic rings. The number of pyridine rings is 1. The van der Waals surface area contributed by atoms with Crippen molar-refractivity contribution >= 4 is 45.7 Å². The molecule has 5 rings (SSSR count). The highest BCUT2D eigenvalue weighted by atomic mass is 35.5. The summed E-state index contributed by atoms with van der Waals surface area (Å²) in [5, 5.41) is 9.00. The Labute approximate surface area is 203 Å². The highest BCUT2D eigenvalue weighted by Crippen LogP contribution is 2.32. The van der Waals surface area contributed by atoms with Crippen LogP contribution in [0.5, 0.6) is 0 Å². The largest absolute Gasteiger partial charge is 0.323 e. The lowest BCUT2D eigenvalue weighted by atomic mass is 10.0. The minimum atomic E-state index is -0.124. The number of anilines is 3. The van der Waals surface area contributed by atoms with Crippen LogP contribution in [0.1, 0.15) is 28.8 Å². The Hall–Kier alpha value is -3.55. The number of amides is 1. The highest BCUT2D eigenvalue weighted by Gasteiger charge is 2.30. The van der Waals surface area contributed by atoms with Crippen LogP contribution in [0, 0.1) is 6.92 Å².